The number of rotatable bonds is 6. The Bertz CT molecular complexity index is 1280. The van der Waals surface area contributed by atoms with Crippen molar-refractivity contribution in [2.45, 2.75) is 40.0 Å². The number of allylic oxidation sites excluding steroid dienone is 1. The van der Waals surface area contributed by atoms with Crippen molar-refractivity contribution in [3.05, 3.63) is 101 Å². The molecule has 3 aromatic carbocycles. The molecular weight excluding hydrogens is 376 g/mol. The topological polar surface area (TPSA) is 28.7 Å². The van der Waals surface area contributed by atoms with Crippen LogP contribution in [0.2, 0.25) is 0 Å². The molecule has 0 aliphatic heterocycles. The first-order chi connectivity index (χ1) is 15.1. The number of hydrogen-bond acceptors (Lipinski definition) is 1. The zero-order valence-corrected chi connectivity index (χ0v) is 18.5. The monoisotopic (exact) mass is 404 g/mol. The molecule has 0 saturated carbocycles. The molecule has 0 amide bonds. The predicted octanol–water partition coefficient (Wildman–Crippen LogP) is 7.65. The van der Waals surface area contributed by atoms with Gasteiger partial charge in [0.05, 0.1) is 11.6 Å². The Balaban J connectivity index is 1.69. The molecule has 0 aliphatic carbocycles. The van der Waals surface area contributed by atoms with E-state index in [9.17, 15) is 5.26 Å². The fraction of sp³-hybridized carbons (Fsp3) is 0.207. The van der Waals surface area contributed by atoms with Gasteiger partial charge in [0, 0.05) is 17.1 Å². The molecule has 0 unspecified atom stereocenters. The Morgan fingerprint density at radius 2 is 1.68 bits per heavy atom. The zero-order chi connectivity index (χ0) is 21.8. The second kappa shape index (κ2) is 9.06. The number of aryl methyl sites for hydroxylation is 2. The Morgan fingerprint density at radius 1 is 0.935 bits per heavy atom. The maximum atomic E-state index is 9.87. The summed E-state index contributed by atoms with van der Waals surface area (Å²) in [6.07, 6.45) is 5.58. The van der Waals surface area contributed by atoms with E-state index in [2.05, 4.69) is 86.0 Å². The lowest BCUT2D eigenvalue weighted by Crippen LogP contribution is -1.99. The molecule has 2 nitrogen and oxygen atoms in total. The van der Waals surface area contributed by atoms with Gasteiger partial charge in [0.1, 0.15) is 0 Å². The maximum Gasteiger partial charge on any atom is 0.0998 e. The number of fused-ring (bicyclic) bond motifs is 1. The van der Waals surface area contributed by atoms with Crippen molar-refractivity contribution in [3.63, 3.8) is 0 Å². The van der Waals surface area contributed by atoms with Gasteiger partial charge in [-0.2, -0.15) is 5.26 Å². The van der Waals surface area contributed by atoms with Gasteiger partial charge in [-0.3, -0.25) is 0 Å². The number of unbranched alkanes of at least 4 members (excludes halogenated alkanes) is 1. The highest BCUT2D eigenvalue weighted by Gasteiger charge is 2.11. The van der Waals surface area contributed by atoms with E-state index in [-0.39, 0.29) is 0 Å². The number of nitrogens with zero attached hydrogens (tertiary/aromatic N) is 2. The third kappa shape index (κ3) is 4.32. The molecule has 4 aromatic rings. The van der Waals surface area contributed by atoms with Crippen LogP contribution in [0.25, 0.3) is 28.1 Å². The van der Waals surface area contributed by atoms with Gasteiger partial charge in [-0.25, -0.2) is 0 Å². The molecule has 0 N–H and O–H groups in total. The van der Waals surface area contributed by atoms with Crippen LogP contribution in [0, 0.1) is 25.2 Å². The Morgan fingerprint density at radius 3 is 2.39 bits per heavy atom. The molecule has 4 rings (SSSR count). The van der Waals surface area contributed by atoms with Crippen LogP contribution in [0.15, 0.2) is 72.8 Å². The fourth-order valence-electron chi connectivity index (χ4n) is 4.22. The largest absolute Gasteiger partial charge is 0.318 e. The van der Waals surface area contributed by atoms with E-state index in [4.69, 9.17) is 0 Å². The highest BCUT2D eigenvalue weighted by atomic mass is 15.0. The summed E-state index contributed by atoms with van der Waals surface area (Å²) in [7, 11) is 0. The van der Waals surface area contributed by atoms with Crippen molar-refractivity contribution in [1.29, 1.82) is 5.26 Å². The maximum absolute atomic E-state index is 9.87. The summed E-state index contributed by atoms with van der Waals surface area (Å²) in [6, 6.07) is 27.9. The minimum atomic E-state index is 0.681. The number of benzene rings is 3. The highest BCUT2D eigenvalue weighted by Crippen LogP contribution is 2.27. The molecule has 0 radical (unpaired) electrons. The number of aromatic nitrogens is 1. The molecule has 1 aromatic heterocycles. The van der Waals surface area contributed by atoms with Crippen LogP contribution < -0.4 is 0 Å². The number of hydrogen-bond donors (Lipinski definition) is 0. The molecule has 0 bridgehead atoms. The van der Waals surface area contributed by atoms with Crippen molar-refractivity contribution >= 4 is 22.4 Å². The van der Waals surface area contributed by atoms with Gasteiger partial charge in [-0.05, 0) is 84.5 Å². The van der Waals surface area contributed by atoms with Crippen LogP contribution in [0.4, 0.5) is 0 Å². The summed E-state index contributed by atoms with van der Waals surface area (Å²) in [5.74, 6) is 0. The van der Waals surface area contributed by atoms with Gasteiger partial charge in [0.25, 0.3) is 0 Å². The first-order valence-corrected chi connectivity index (χ1v) is 11.0. The molecule has 0 atom stereocenters. The molecular formula is C29H28N2. The average Bonchev–Trinajstić information content (AvgIpc) is 3.08. The fourth-order valence-corrected chi connectivity index (χ4v) is 4.22. The van der Waals surface area contributed by atoms with Crippen LogP contribution in [0.5, 0.6) is 0 Å². The van der Waals surface area contributed by atoms with Crippen LogP contribution >= 0.6 is 0 Å². The second-order valence-electron chi connectivity index (χ2n) is 8.16. The van der Waals surface area contributed by atoms with Gasteiger partial charge in [-0.15, -0.1) is 0 Å². The second-order valence-corrected chi connectivity index (χ2v) is 8.16. The van der Waals surface area contributed by atoms with Crippen molar-refractivity contribution in [1.82, 2.24) is 4.57 Å². The minimum Gasteiger partial charge on any atom is -0.318 e. The third-order valence-corrected chi connectivity index (χ3v) is 5.96. The summed E-state index contributed by atoms with van der Waals surface area (Å²) in [4.78, 5) is 0. The van der Waals surface area contributed by atoms with Gasteiger partial charge < -0.3 is 4.57 Å². The Labute approximate surface area is 185 Å². The zero-order valence-electron chi connectivity index (χ0n) is 18.5. The molecule has 1 heterocycles. The van der Waals surface area contributed by atoms with E-state index < -0.39 is 0 Å². The van der Waals surface area contributed by atoms with Gasteiger partial charge in [-0.1, -0.05) is 61.9 Å². The third-order valence-electron chi connectivity index (χ3n) is 5.96. The SMILES string of the molecule is CCCCc1ccc(-n2c(C)cc(/C=C(/C#N)c3ccc4ccccc4c3)c2C)cc1. The van der Waals surface area contributed by atoms with Gasteiger partial charge in [0.15, 0.2) is 0 Å². The molecule has 0 saturated heterocycles. The summed E-state index contributed by atoms with van der Waals surface area (Å²) in [6.45, 7) is 6.47. The quantitative estimate of drug-likeness (QED) is 0.303. The lowest BCUT2D eigenvalue weighted by atomic mass is 10.0. The van der Waals surface area contributed by atoms with E-state index in [1.807, 2.05) is 24.3 Å². The highest BCUT2D eigenvalue weighted by molar-refractivity contribution is 5.94. The van der Waals surface area contributed by atoms with Gasteiger partial charge in [0.2, 0.25) is 0 Å². The van der Waals surface area contributed by atoms with Crippen molar-refractivity contribution in [2.75, 3.05) is 0 Å². The van der Waals surface area contributed by atoms with Crippen LogP contribution in [-0.2, 0) is 6.42 Å². The molecule has 0 spiro atoms. The van der Waals surface area contributed by atoms with Crippen LogP contribution in [-0.4, -0.2) is 4.57 Å². The molecule has 0 aliphatic rings. The summed E-state index contributed by atoms with van der Waals surface area (Å²) < 4.78 is 2.27. The smallest absolute Gasteiger partial charge is 0.0998 e. The summed E-state index contributed by atoms with van der Waals surface area (Å²) in [5, 5.41) is 12.2. The predicted molar refractivity (Wildman–Crippen MR) is 131 cm³/mol. The van der Waals surface area contributed by atoms with E-state index >= 15 is 0 Å². The van der Waals surface area contributed by atoms with E-state index in [0.717, 1.165) is 28.6 Å². The lowest BCUT2D eigenvalue weighted by molar-refractivity contribution is 0.794. The minimum absolute atomic E-state index is 0.681. The summed E-state index contributed by atoms with van der Waals surface area (Å²) in [5.41, 5.74) is 7.58. The first kappa shape index (κ1) is 20.7. The Kier molecular flexibility index (Phi) is 6.05. The Hall–Kier alpha value is -3.57. The van der Waals surface area contributed by atoms with E-state index in [0.29, 0.717) is 5.57 Å². The average molecular weight is 405 g/mol. The van der Waals surface area contributed by atoms with Crippen LogP contribution in [0.1, 0.15) is 47.8 Å². The van der Waals surface area contributed by atoms with Crippen molar-refractivity contribution in [3.8, 4) is 11.8 Å². The van der Waals surface area contributed by atoms with Crippen molar-refractivity contribution in [2.24, 2.45) is 0 Å². The molecule has 2 heteroatoms. The molecule has 154 valence electrons. The molecule has 0 fully saturated rings. The summed E-state index contributed by atoms with van der Waals surface area (Å²) >= 11 is 0. The standard InChI is InChI=1S/C29H28N2/c1-4-5-8-23-11-15-29(16-12-23)31-21(2)17-27(22(31)3)19-28(20-30)26-14-13-24-9-6-7-10-25(24)18-26/h6-7,9-19H,4-5,8H2,1-3H3/b28-19-. The lowest BCUT2D eigenvalue weighted by Gasteiger charge is -2.11. The number of nitriles is 1. The van der Waals surface area contributed by atoms with Crippen LogP contribution in [0.3, 0.4) is 0 Å². The van der Waals surface area contributed by atoms with Crippen molar-refractivity contribution < 1.29 is 0 Å². The van der Waals surface area contributed by atoms with Gasteiger partial charge >= 0.3 is 0 Å². The van der Waals surface area contributed by atoms with E-state index in [1.54, 1.807) is 0 Å². The van der Waals surface area contributed by atoms with E-state index in [1.165, 1.54) is 35.2 Å². The first-order valence-electron chi connectivity index (χ1n) is 11.0. The molecule has 31 heavy (non-hydrogen) atoms. The normalized spacial score (nSPS) is 11.6.